The number of carbonyl (C=O) groups excluding carboxylic acids is 2. The third kappa shape index (κ3) is 4.23. The van der Waals surface area contributed by atoms with E-state index in [9.17, 15) is 9.59 Å². The minimum atomic E-state index is 0.138. The van der Waals surface area contributed by atoms with Gasteiger partial charge in [-0.3, -0.25) is 9.59 Å². The van der Waals surface area contributed by atoms with E-state index >= 15 is 0 Å². The molecule has 28 heavy (non-hydrogen) atoms. The zero-order chi connectivity index (χ0) is 19.5. The van der Waals surface area contributed by atoms with E-state index in [0.29, 0.717) is 12.3 Å². The Balaban J connectivity index is 1.36. The van der Waals surface area contributed by atoms with Crippen molar-refractivity contribution in [3.63, 3.8) is 0 Å². The van der Waals surface area contributed by atoms with Crippen LogP contribution in [0.25, 0.3) is 0 Å². The first-order valence-corrected chi connectivity index (χ1v) is 11.1. The van der Waals surface area contributed by atoms with Crippen molar-refractivity contribution in [2.45, 2.75) is 77.2 Å². The number of hydrogen-bond donors (Lipinski definition) is 0. The lowest BCUT2D eigenvalue weighted by Gasteiger charge is -2.31. The van der Waals surface area contributed by atoms with E-state index in [1.54, 1.807) is 6.92 Å². The second-order valence-electron chi connectivity index (χ2n) is 8.75. The van der Waals surface area contributed by atoms with Crippen LogP contribution in [0.2, 0.25) is 0 Å². The summed E-state index contributed by atoms with van der Waals surface area (Å²) in [5, 5.41) is 8.92. The van der Waals surface area contributed by atoms with Crippen molar-refractivity contribution in [2.24, 2.45) is 5.92 Å². The summed E-state index contributed by atoms with van der Waals surface area (Å²) in [6.07, 6.45) is 9.84. The van der Waals surface area contributed by atoms with Gasteiger partial charge in [-0.15, -0.1) is 10.2 Å². The lowest BCUT2D eigenvalue weighted by atomic mass is 9.97. The van der Waals surface area contributed by atoms with E-state index < -0.39 is 0 Å². The van der Waals surface area contributed by atoms with Gasteiger partial charge in [0.15, 0.2) is 0 Å². The molecule has 0 radical (unpaired) electrons. The second-order valence-corrected chi connectivity index (χ2v) is 8.75. The molecule has 154 valence electrons. The molecule has 2 fully saturated rings. The highest BCUT2D eigenvalue weighted by Gasteiger charge is 2.29. The molecule has 0 spiro atoms. The smallest absolute Gasteiger partial charge is 0.222 e. The van der Waals surface area contributed by atoms with Gasteiger partial charge in [-0.05, 0) is 25.2 Å². The number of carbonyl (C=O) groups is 2. The molecule has 0 aromatic carbocycles. The van der Waals surface area contributed by atoms with E-state index in [1.807, 2.05) is 9.80 Å². The molecule has 1 aliphatic carbocycles. The maximum Gasteiger partial charge on any atom is 0.222 e. The molecule has 3 aliphatic rings. The molecule has 0 N–H and O–H groups in total. The van der Waals surface area contributed by atoms with E-state index in [4.69, 9.17) is 0 Å². The molecule has 0 unspecified atom stereocenters. The lowest BCUT2D eigenvalue weighted by Crippen LogP contribution is -2.38. The van der Waals surface area contributed by atoms with Crippen molar-refractivity contribution in [3.8, 4) is 0 Å². The van der Waals surface area contributed by atoms with Crippen LogP contribution in [0.1, 0.15) is 75.9 Å². The molecule has 7 nitrogen and oxygen atoms in total. The van der Waals surface area contributed by atoms with Gasteiger partial charge in [-0.25, -0.2) is 0 Å². The van der Waals surface area contributed by atoms with Crippen LogP contribution in [0.5, 0.6) is 0 Å². The highest BCUT2D eigenvalue weighted by molar-refractivity contribution is 5.76. The number of rotatable bonds is 4. The molecule has 1 saturated heterocycles. The SMILES string of the molecule is CC(=O)N1CCC[C@@H](c2nnc3n2CCN(C(=O)CCC2CCCC2)CC3)C1. The van der Waals surface area contributed by atoms with Gasteiger partial charge in [0.1, 0.15) is 11.6 Å². The third-order valence-corrected chi connectivity index (χ3v) is 6.88. The zero-order valence-corrected chi connectivity index (χ0v) is 17.1. The van der Waals surface area contributed by atoms with Crippen LogP contribution < -0.4 is 0 Å². The minimum Gasteiger partial charge on any atom is -0.342 e. The number of fused-ring (bicyclic) bond motifs is 1. The quantitative estimate of drug-likeness (QED) is 0.795. The minimum absolute atomic E-state index is 0.138. The van der Waals surface area contributed by atoms with Gasteiger partial charge in [0.2, 0.25) is 11.8 Å². The summed E-state index contributed by atoms with van der Waals surface area (Å²) in [5.74, 6) is 3.44. The number of nitrogens with zero attached hydrogens (tertiary/aromatic N) is 5. The average Bonchev–Trinajstić information content (AvgIpc) is 3.32. The van der Waals surface area contributed by atoms with Crippen LogP contribution in [0.4, 0.5) is 0 Å². The maximum atomic E-state index is 12.7. The fourth-order valence-corrected chi connectivity index (χ4v) is 5.16. The first-order chi connectivity index (χ1) is 13.6. The number of piperidine rings is 1. The van der Waals surface area contributed by atoms with Gasteiger partial charge in [0.05, 0.1) is 0 Å². The maximum absolute atomic E-state index is 12.7. The molecule has 1 atom stereocenters. The van der Waals surface area contributed by atoms with Crippen molar-refractivity contribution in [3.05, 3.63) is 11.6 Å². The van der Waals surface area contributed by atoms with Gasteiger partial charge < -0.3 is 14.4 Å². The average molecular weight is 388 g/mol. The summed E-state index contributed by atoms with van der Waals surface area (Å²) in [4.78, 5) is 28.4. The normalized spacial score (nSPS) is 23.5. The second kappa shape index (κ2) is 8.62. The van der Waals surface area contributed by atoms with Crippen molar-refractivity contribution >= 4 is 11.8 Å². The Morgan fingerprint density at radius 1 is 0.964 bits per heavy atom. The predicted octanol–water partition coefficient (Wildman–Crippen LogP) is 2.36. The standard InChI is InChI=1S/C21H33N5O2/c1-16(27)25-11-4-7-18(15-25)21-23-22-19-10-12-24(13-14-26(19)21)20(28)9-8-17-5-2-3-6-17/h17-18H,2-15H2,1H3/t18-/m1/s1. The molecule has 7 heteroatoms. The highest BCUT2D eigenvalue weighted by atomic mass is 16.2. The Bertz CT molecular complexity index is 710. The number of likely N-dealkylation sites (tertiary alicyclic amines) is 1. The summed E-state index contributed by atoms with van der Waals surface area (Å²) in [7, 11) is 0. The number of amides is 2. The number of hydrogen-bond acceptors (Lipinski definition) is 4. The van der Waals surface area contributed by atoms with Gasteiger partial charge in [0, 0.05) is 58.4 Å². The van der Waals surface area contributed by atoms with E-state index in [-0.39, 0.29) is 11.8 Å². The molecule has 2 amide bonds. The topological polar surface area (TPSA) is 71.3 Å². The molecule has 2 aliphatic heterocycles. The van der Waals surface area contributed by atoms with Gasteiger partial charge in [-0.2, -0.15) is 0 Å². The van der Waals surface area contributed by atoms with Crippen molar-refractivity contribution in [1.29, 1.82) is 0 Å². The van der Waals surface area contributed by atoms with Crippen LogP contribution >= 0.6 is 0 Å². The fourth-order valence-electron chi connectivity index (χ4n) is 5.16. The summed E-state index contributed by atoms with van der Waals surface area (Å²) in [6.45, 7) is 5.47. The van der Waals surface area contributed by atoms with Crippen LogP contribution in [0, 0.1) is 5.92 Å². The Morgan fingerprint density at radius 3 is 2.57 bits per heavy atom. The molecular formula is C21H33N5O2. The summed E-state index contributed by atoms with van der Waals surface area (Å²) in [5.41, 5.74) is 0. The third-order valence-electron chi connectivity index (χ3n) is 6.88. The highest BCUT2D eigenvalue weighted by Crippen LogP contribution is 2.29. The zero-order valence-electron chi connectivity index (χ0n) is 17.1. The number of aromatic nitrogens is 3. The van der Waals surface area contributed by atoms with Crippen molar-refractivity contribution < 1.29 is 9.59 Å². The van der Waals surface area contributed by atoms with E-state index in [1.165, 1.54) is 25.7 Å². The summed E-state index contributed by atoms with van der Waals surface area (Å²) in [6, 6.07) is 0. The predicted molar refractivity (Wildman–Crippen MR) is 106 cm³/mol. The van der Waals surface area contributed by atoms with Crippen LogP contribution in [-0.2, 0) is 22.6 Å². The Hall–Kier alpha value is -1.92. The van der Waals surface area contributed by atoms with Crippen molar-refractivity contribution in [2.75, 3.05) is 26.2 Å². The van der Waals surface area contributed by atoms with E-state index in [0.717, 1.165) is 76.0 Å². The molecule has 4 rings (SSSR count). The monoisotopic (exact) mass is 387 g/mol. The molecule has 1 aromatic heterocycles. The first kappa shape index (κ1) is 19.4. The van der Waals surface area contributed by atoms with Crippen molar-refractivity contribution in [1.82, 2.24) is 24.6 Å². The molecule has 1 saturated carbocycles. The van der Waals surface area contributed by atoms with Gasteiger partial charge in [0.25, 0.3) is 0 Å². The van der Waals surface area contributed by atoms with E-state index in [2.05, 4.69) is 14.8 Å². The largest absolute Gasteiger partial charge is 0.342 e. The van der Waals surface area contributed by atoms with Crippen LogP contribution in [-0.4, -0.2) is 62.6 Å². The van der Waals surface area contributed by atoms with Crippen LogP contribution in [0.3, 0.4) is 0 Å². The molecule has 1 aromatic rings. The summed E-state index contributed by atoms with van der Waals surface area (Å²) < 4.78 is 2.22. The molecular weight excluding hydrogens is 354 g/mol. The molecule has 0 bridgehead atoms. The Morgan fingerprint density at radius 2 is 1.79 bits per heavy atom. The Labute approximate surface area is 167 Å². The fraction of sp³-hybridized carbons (Fsp3) is 0.810. The van der Waals surface area contributed by atoms with Gasteiger partial charge >= 0.3 is 0 Å². The van der Waals surface area contributed by atoms with Crippen LogP contribution in [0.15, 0.2) is 0 Å². The Kier molecular flexibility index (Phi) is 5.97. The lowest BCUT2D eigenvalue weighted by molar-refractivity contribution is -0.132. The molecule has 3 heterocycles. The first-order valence-electron chi connectivity index (χ1n) is 11.1. The van der Waals surface area contributed by atoms with Gasteiger partial charge in [-0.1, -0.05) is 25.7 Å². The summed E-state index contributed by atoms with van der Waals surface area (Å²) >= 11 is 0.